The first-order valence-electron chi connectivity index (χ1n) is 6.02. The Morgan fingerprint density at radius 1 is 1.16 bits per heavy atom. The number of hydrogen-bond donors (Lipinski definition) is 0. The number of benzene rings is 1. The molecule has 0 radical (unpaired) electrons. The van der Waals surface area contributed by atoms with Crippen molar-refractivity contribution in [3.05, 3.63) is 47.2 Å². The molecular formula is C13H15F2N3O. The maximum absolute atomic E-state index is 13.5. The Morgan fingerprint density at radius 2 is 1.89 bits per heavy atom. The van der Waals surface area contributed by atoms with Crippen LogP contribution in [0.25, 0.3) is 0 Å². The van der Waals surface area contributed by atoms with E-state index in [9.17, 15) is 8.78 Å². The second-order valence-electron chi connectivity index (χ2n) is 4.35. The largest absolute Gasteiger partial charge is 0.424 e. The molecule has 0 atom stereocenters. The molecule has 1 heterocycles. The van der Waals surface area contributed by atoms with E-state index in [-0.39, 0.29) is 0 Å². The lowest BCUT2D eigenvalue weighted by atomic mass is 10.2. The average Bonchev–Trinajstić information content (AvgIpc) is 2.80. The molecule has 0 saturated carbocycles. The SMILES string of the molecule is CCc1nnc(CN(C)Cc2ccc(F)cc2F)o1. The highest BCUT2D eigenvalue weighted by molar-refractivity contribution is 5.18. The van der Waals surface area contributed by atoms with Gasteiger partial charge < -0.3 is 4.42 Å². The lowest BCUT2D eigenvalue weighted by Crippen LogP contribution is -2.18. The van der Waals surface area contributed by atoms with Crippen LogP contribution in [0, 0.1) is 11.6 Å². The van der Waals surface area contributed by atoms with E-state index in [0.29, 0.717) is 36.9 Å². The predicted octanol–water partition coefficient (Wildman–Crippen LogP) is 2.54. The first kappa shape index (κ1) is 13.6. The number of aryl methyl sites for hydroxylation is 1. The van der Waals surface area contributed by atoms with E-state index in [1.54, 1.807) is 7.05 Å². The van der Waals surface area contributed by atoms with E-state index in [1.165, 1.54) is 12.1 Å². The maximum atomic E-state index is 13.5. The van der Waals surface area contributed by atoms with Gasteiger partial charge >= 0.3 is 0 Å². The van der Waals surface area contributed by atoms with Crippen LogP contribution in [0.4, 0.5) is 8.78 Å². The van der Waals surface area contributed by atoms with Gasteiger partial charge in [-0.2, -0.15) is 0 Å². The van der Waals surface area contributed by atoms with Gasteiger partial charge in [-0.05, 0) is 13.1 Å². The van der Waals surface area contributed by atoms with Crippen LogP contribution in [0.5, 0.6) is 0 Å². The van der Waals surface area contributed by atoms with Gasteiger partial charge in [0.05, 0.1) is 6.54 Å². The first-order chi connectivity index (χ1) is 9.08. The van der Waals surface area contributed by atoms with E-state index >= 15 is 0 Å². The Hall–Kier alpha value is -1.82. The number of aromatic nitrogens is 2. The third-order valence-corrected chi connectivity index (χ3v) is 2.67. The fourth-order valence-corrected chi connectivity index (χ4v) is 1.72. The summed E-state index contributed by atoms with van der Waals surface area (Å²) >= 11 is 0. The van der Waals surface area contributed by atoms with Crippen molar-refractivity contribution in [2.75, 3.05) is 7.05 Å². The highest BCUT2D eigenvalue weighted by Gasteiger charge is 2.11. The van der Waals surface area contributed by atoms with E-state index in [2.05, 4.69) is 10.2 Å². The summed E-state index contributed by atoms with van der Waals surface area (Å²) in [6.07, 6.45) is 0.684. The number of rotatable bonds is 5. The normalized spacial score (nSPS) is 11.2. The molecule has 0 aliphatic heterocycles. The lowest BCUT2D eigenvalue weighted by Gasteiger charge is -2.14. The molecule has 2 aromatic rings. The Bertz CT molecular complexity index is 557. The van der Waals surface area contributed by atoms with Gasteiger partial charge in [0, 0.05) is 24.6 Å². The molecule has 6 heteroatoms. The molecule has 19 heavy (non-hydrogen) atoms. The van der Waals surface area contributed by atoms with Crippen molar-refractivity contribution in [3.63, 3.8) is 0 Å². The Morgan fingerprint density at radius 3 is 2.53 bits per heavy atom. The number of nitrogens with zero attached hydrogens (tertiary/aromatic N) is 3. The van der Waals surface area contributed by atoms with Crippen LogP contribution in [-0.4, -0.2) is 22.1 Å². The molecule has 102 valence electrons. The molecular weight excluding hydrogens is 252 g/mol. The molecule has 0 bridgehead atoms. The monoisotopic (exact) mass is 267 g/mol. The van der Waals surface area contributed by atoms with Gasteiger partial charge in [-0.15, -0.1) is 10.2 Å². The van der Waals surface area contributed by atoms with Gasteiger partial charge in [0.1, 0.15) is 11.6 Å². The minimum atomic E-state index is -0.576. The van der Waals surface area contributed by atoms with Crippen LogP contribution in [0.2, 0.25) is 0 Å². The fraction of sp³-hybridized carbons (Fsp3) is 0.385. The molecule has 0 spiro atoms. The summed E-state index contributed by atoms with van der Waals surface area (Å²) in [4.78, 5) is 1.82. The van der Waals surface area contributed by atoms with Crippen LogP contribution >= 0.6 is 0 Å². The van der Waals surface area contributed by atoms with Crippen molar-refractivity contribution >= 4 is 0 Å². The van der Waals surface area contributed by atoms with Crippen molar-refractivity contribution in [1.82, 2.24) is 15.1 Å². The molecule has 4 nitrogen and oxygen atoms in total. The van der Waals surface area contributed by atoms with Crippen molar-refractivity contribution in [1.29, 1.82) is 0 Å². The summed E-state index contributed by atoms with van der Waals surface area (Å²) in [5.41, 5.74) is 0.430. The third-order valence-electron chi connectivity index (χ3n) is 2.67. The fourth-order valence-electron chi connectivity index (χ4n) is 1.72. The second kappa shape index (κ2) is 5.88. The van der Waals surface area contributed by atoms with Gasteiger partial charge in [0.15, 0.2) is 0 Å². The highest BCUT2D eigenvalue weighted by Crippen LogP contribution is 2.13. The number of hydrogen-bond acceptors (Lipinski definition) is 4. The quantitative estimate of drug-likeness (QED) is 0.835. The summed E-state index contributed by atoms with van der Waals surface area (Å²) in [6, 6.07) is 3.56. The first-order valence-corrected chi connectivity index (χ1v) is 6.02. The minimum absolute atomic E-state index is 0.343. The zero-order valence-electron chi connectivity index (χ0n) is 10.9. The van der Waals surface area contributed by atoms with Gasteiger partial charge in [0.2, 0.25) is 11.8 Å². The number of halogens is 2. The summed E-state index contributed by atoms with van der Waals surface area (Å²) in [7, 11) is 1.80. The van der Waals surface area contributed by atoms with Crippen LogP contribution < -0.4 is 0 Å². The molecule has 0 unspecified atom stereocenters. The highest BCUT2D eigenvalue weighted by atomic mass is 19.1. The van der Waals surface area contributed by atoms with E-state index < -0.39 is 11.6 Å². The maximum Gasteiger partial charge on any atom is 0.230 e. The molecule has 0 N–H and O–H groups in total. The summed E-state index contributed by atoms with van der Waals surface area (Å²) < 4.78 is 31.6. The lowest BCUT2D eigenvalue weighted by molar-refractivity contribution is 0.274. The van der Waals surface area contributed by atoms with Crippen molar-refractivity contribution in [3.8, 4) is 0 Å². The third kappa shape index (κ3) is 3.57. The van der Waals surface area contributed by atoms with Crippen LogP contribution in [0.1, 0.15) is 24.3 Å². The van der Waals surface area contributed by atoms with Crippen LogP contribution in [0.15, 0.2) is 22.6 Å². The molecule has 0 aliphatic carbocycles. The molecule has 2 rings (SSSR count). The van der Waals surface area contributed by atoms with E-state index in [1.807, 2.05) is 11.8 Å². The summed E-state index contributed by atoms with van der Waals surface area (Å²) in [6.45, 7) is 2.69. The molecule has 0 saturated heterocycles. The average molecular weight is 267 g/mol. The molecule has 0 fully saturated rings. The van der Waals surface area contributed by atoms with Gasteiger partial charge in [-0.3, -0.25) is 4.90 Å². The van der Waals surface area contributed by atoms with Gasteiger partial charge in [0.25, 0.3) is 0 Å². The van der Waals surface area contributed by atoms with Gasteiger partial charge in [-0.1, -0.05) is 13.0 Å². The van der Waals surface area contributed by atoms with Crippen molar-refractivity contribution < 1.29 is 13.2 Å². The minimum Gasteiger partial charge on any atom is -0.424 e. The Balaban J connectivity index is 1.98. The van der Waals surface area contributed by atoms with Crippen molar-refractivity contribution in [2.24, 2.45) is 0 Å². The predicted molar refractivity (Wildman–Crippen MR) is 65.2 cm³/mol. The molecule has 0 aliphatic rings. The van der Waals surface area contributed by atoms with Crippen LogP contribution in [-0.2, 0) is 19.5 Å². The Labute approximate surface area is 110 Å². The Kier molecular flexibility index (Phi) is 4.21. The zero-order chi connectivity index (χ0) is 13.8. The summed E-state index contributed by atoms with van der Waals surface area (Å²) in [5.74, 6) is -0.0572. The van der Waals surface area contributed by atoms with Crippen LogP contribution in [0.3, 0.4) is 0 Å². The van der Waals surface area contributed by atoms with Crippen molar-refractivity contribution in [2.45, 2.75) is 26.4 Å². The van der Waals surface area contributed by atoms with E-state index in [4.69, 9.17) is 4.42 Å². The topological polar surface area (TPSA) is 42.2 Å². The summed E-state index contributed by atoms with van der Waals surface area (Å²) in [5, 5.41) is 7.75. The standard InChI is InChI=1S/C13H15F2N3O/c1-3-12-16-17-13(19-12)8-18(2)7-9-4-5-10(14)6-11(9)15/h4-6H,3,7-8H2,1-2H3. The molecule has 0 amide bonds. The molecule has 1 aromatic heterocycles. The molecule has 1 aromatic carbocycles. The van der Waals surface area contributed by atoms with E-state index in [0.717, 1.165) is 6.07 Å². The van der Waals surface area contributed by atoms with Gasteiger partial charge in [-0.25, -0.2) is 8.78 Å². The second-order valence-corrected chi connectivity index (χ2v) is 4.35. The zero-order valence-corrected chi connectivity index (χ0v) is 10.9. The smallest absolute Gasteiger partial charge is 0.230 e.